The van der Waals surface area contributed by atoms with Crippen molar-refractivity contribution in [2.45, 2.75) is 13.5 Å². The van der Waals surface area contributed by atoms with E-state index in [0.717, 1.165) is 15.7 Å². The summed E-state index contributed by atoms with van der Waals surface area (Å²) >= 11 is 3.38. The largest absolute Gasteiger partial charge is 0.308 e. The lowest BCUT2D eigenvalue weighted by atomic mass is 10.3. The summed E-state index contributed by atoms with van der Waals surface area (Å²) in [6.07, 6.45) is 3.65. The molecule has 0 aliphatic heterocycles. The van der Waals surface area contributed by atoms with E-state index in [-0.39, 0.29) is 5.56 Å². The first-order chi connectivity index (χ1) is 7.56. The highest BCUT2D eigenvalue weighted by atomic mass is 79.9. The van der Waals surface area contributed by atoms with Gasteiger partial charge in [-0.3, -0.25) is 9.48 Å². The first-order valence-corrected chi connectivity index (χ1v) is 5.70. The van der Waals surface area contributed by atoms with Gasteiger partial charge in [0, 0.05) is 29.5 Å². The maximum Gasteiger partial charge on any atom is 0.253 e. The van der Waals surface area contributed by atoms with E-state index >= 15 is 0 Å². The minimum Gasteiger partial charge on any atom is -0.308 e. The third-order valence-electron chi connectivity index (χ3n) is 2.33. The summed E-state index contributed by atoms with van der Waals surface area (Å²) in [4.78, 5) is 11.8. The van der Waals surface area contributed by atoms with Gasteiger partial charge in [-0.15, -0.1) is 0 Å². The van der Waals surface area contributed by atoms with E-state index in [4.69, 9.17) is 0 Å². The van der Waals surface area contributed by atoms with Crippen LogP contribution in [0.1, 0.15) is 11.3 Å². The molecule has 0 amide bonds. The Morgan fingerprint density at radius 2 is 2.25 bits per heavy atom. The lowest BCUT2D eigenvalue weighted by molar-refractivity contribution is 0.687. The maximum absolute atomic E-state index is 11.8. The Morgan fingerprint density at radius 3 is 2.88 bits per heavy atom. The molecule has 0 aliphatic carbocycles. The molecular formula is C11H12BrN3O. The van der Waals surface area contributed by atoms with Crippen LogP contribution in [-0.4, -0.2) is 14.3 Å². The Hall–Kier alpha value is -1.36. The molecule has 0 spiro atoms. The van der Waals surface area contributed by atoms with E-state index in [0.29, 0.717) is 6.54 Å². The van der Waals surface area contributed by atoms with Gasteiger partial charge in [-0.25, -0.2) is 0 Å². The van der Waals surface area contributed by atoms with Crippen molar-refractivity contribution in [1.29, 1.82) is 0 Å². The number of aryl methyl sites for hydroxylation is 2. The molecule has 0 radical (unpaired) electrons. The Kier molecular flexibility index (Phi) is 2.96. The number of halogens is 1. The third kappa shape index (κ3) is 2.24. The molecule has 0 saturated carbocycles. The Bertz CT molecular complexity index is 571. The van der Waals surface area contributed by atoms with Gasteiger partial charge in [0.2, 0.25) is 0 Å². The molecule has 2 heterocycles. The second-order valence-corrected chi connectivity index (χ2v) is 4.67. The lowest BCUT2D eigenvalue weighted by Gasteiger charge is -2.05. The van der Waals surface area contributed by atoms with Gasteiger partial charge in [-0.2, -0.15) is 5.10 Å². The average molecular weight is 282 g/mol. The molecule has 2 aromatic heterocycles. The minimum absolute atomic E-state index is 0.0221. The molecule has 0 bridgehead atoms. The number of aromatic nitrogens is 3. The first-order valence-electron chi connectivity index (χ1n) is 4.91. The third-order valence-corrected chi connectivity index (χ3v) is 2.77. The summed E-state index contributed by atoms with van der Waals surface area (Å²) in [6.45, 7) is 2.31. The number of pyridine rings is 1. The highest BCUT2D eigenvalue weighted by Gasteiger charge is 2.04. The van der Waals surface area contributed by atoms with E-state index in [9.17, 15) is 4.79 Å². The van der Waals surface area contributed by atoms with Crippen LogP contribution < -0.4 is 5.56 Å². The van der Waals surface area contributed by atoms with E-state index in [1.165, 1.54) is 0 Å². The highest BCUT2D eigenvalue weighted by Crippen LogP contribution is 2.09. The van der Waals surface area contributed by atoms with Crippen molar-refractivity contribution in [2.24, 2.45) is 7.05 Å². The first kappa shape index (κ1) is 11.1. The quantitative estimate of drug-likeness (QED) is 0.841. The van der Waals surface area contributed by atoms with E-state index in [1.807, 2.05) is 32.3 Å². The maximum atomic E-state index is 11.8. The van der Waals surface area contributed by atoms with Crippen molar-refractivity contribution >= 4 is 15.9 Å². The van der Waals surface area contributed by atoms with Crippen LogP contribution in [0.5, 0.6) is 0 Å². The van der Waals surface area contributed by atoms with Crippen LogP contribution >= 0.6 is 15.9 Å². The van der Waals surface area contributed by atoms with Gasteiger partial charge in [0.25, 0.3) is 5.56 Å². The van der Waals surface area contributed by atoms with Crippen molar-refractivity contribution in [3.05, 3.63) is 50.6 Å². The average Bonchev–Trinajstić information content (AvgIpc) is 2.60. The van der Waals surface area contributed by atoms with Crippen LogP contribution in [0.4, 0.5) is 0 Å². The smallest absolute Gasteiger partial charge is 0.253 e. The topological polar surface area (TPSA) is 39.8 Å². The summed E-state index contributed by atoms with van der Waals surface area (Å²) in [5, 5.41) is 4.25. The molecule has 0 atom stereocenters. The van der Waals surface area contributed by atoms with Gasteiger partial charge >= 0.3 is 0 Å². The number of rotatable bonds is 2. The SMILES string of the molecule is Cc1cc(Br)cn(Cc2ccn(C)n2)c1=O. The molecule has 2 aromatic rings. The van der Waals surface area contributed by atoms with Crippen molar-refractivity contribution in [1.82, 2.24) is 14.3 Å². The van der Waals surface area contributed by atoms with E-state index < -0.39 is 0 Å². The number of hydrogen-bond donors (Lipinski definition) is 0. The van der Waals surface area contributed by atoms with Gasteiger partial charge in [-0.05, 0) is 35.0 Å². The minimum atomic E-state index is 0.0221. The molecule has 4 nitrogen and oxygen atoms in total. The van der Waals surface area contributed by atoms with Crippen molar-refractivity contribution < 1.29 is 0 Å². The second-order valence-electron chi connectivity index (χ2n) is 3.76. The van der Waals surface area contributed by atoms with Crippen LogP contribution in [0.2, 0.25) is 0 Å². The highest BCUT2D eigenvalue weighted by molar-refractivity contribution is 9.10. The number of hydrogen-bond acceptors (Lipinski definition) is 2. The fourth-order valence-electron chi connectivity index (χ4n) is 1.58. The molecule has 5 heteroatoms. The fraction of sp³-hybridized carbons (Fsp3) is 0.273. The van der Waals surface area contributed by atoms with Gasteiger partial charge in [0.05, 0.1) is 12.2 Å². The van der Waals surface area contributed by atoms with Crippen LogP contribution in [-0.2, 0) is 13.6 Å². The van der Waals surface area contributed by atoms with Crippen LogP contribution in [0, 0.1) is 6.92 Å². The van der Waals surface area contributed by atoms with Crippen LogP contribution in [0.3, 0.4) is 0 Å². The van der Waals surface area contributed by atoms with Gasteiger partial charge in [0.15, 0.2) is 0 Å². The monoisotopic (exact) mass is 281 g/mol. The molecule has 0 aromatic carbocycles. The standard InChI is InChI=1S/C11H12BrN3O/c1-8-5-9(12)6-15(11(8)16)7-10-3-4-14(2)13-10/h3-6H,7H2,1-2H3. The molecule has 0 N–H and O–H groups in total. The molecule has 84 valence electrons. The molecular weight excluding hydrogens is 270 g/mol. The zero-order valence-electron chi connectivity index (χ0n) is 9.14. The van der Waals surface area contributed by atoms with Gasteiger partial charge < -0.3 is 4.57 Å². The summed E-state index contributed by atoms with van der Waals surface area (Å²) in [5.74, 6) is 0. The normalized spacial score (nSPS) is 10.7. The summed E-state index contributed by atoms with van der Waals surface area (Å²) < 4.78 is 4.29. The second kappa shape index (κ2) is 4.25. The van der Waals surface area contributed by atoms with Crippen molar-refractivity contribution in [3.63, 3.8) is 0 Å². The van der Waals surface area contributed by atoms with E-state index in [1.54, 1.807) is 15.4 Å². The predicted molar refractivity (Wildman–Crippen MR) is 65.4 cm³/mol. The summed E-state index contributed by atoms with van der Waals surface area (Å²) in [7, 11) is 1.86. The Balaban J connectivity index is 2.38. The van der Waals surface area contributed by atoms with Crippen LogP contribution in [0.15, 0.2) is 33.8 Å². The van der Waals surface area contributed by atoms with Crippen LogP contribution in [0.25, 0.3) is 0 Å². The molecule has 2 rings (SSSR count). The molecule has 0 aliphatic rings. The van der Waals surface area contributed by atoms with Crippen molar-refractivity contribution in [3.8, 4) is 0 Å². The number of nitrogens with zero attached hydrogens (tertiary/aromatic N) is 3. The van der Waals surface area contributed by atoms with E-state index in [2.05, 4.69) is 21.0 Å². The zero-order valence-corrected chi connectivity index (χ0v) is 10.7. The van der Waals surface area contributed by atoms with Gasteiger partial charge in [-0.1, -0.05) is 0 Å². The lowest BCUT2D eigenvalue weighted by Crippen LogP contribution is -2.22. The fourth-order valence-corrected chi connectivity index (χ4v) is 2.17. The Labute approximate surface area is 102 Å². The molecule has 16 heavy (non-hydrogen) atoms. The molecule has 0 fully saturated rings. The van der Waals surface area contributed by atoms with Gasteiger partial charge in [0.1, 0.15) is 0 Å². The van der Waals surface area contributed by atoms with Crippen molar-refractivity contribution in [2.75, 3.05) is 0 Å². The zero-order chi connectivity index (χ0) is 11.7. The summed E-state index contributed by atoms with van der Waals surface area (Å²) in [6, 6.07) is 3.72. The predicted octanol–water partition coefficient (Wildman–Crippen LogP) is 1.70. The Morgan fingerprint density at radius 1 is 1.50 bits per heavy atom. The molecule has 0 saturated heterocycles. The molecule has 0 unspecified atom stereocenters. The summed E-state index contributed by atoms with van der Waals surface area (Å²) in [5.41, 5.74) is 1.63.